The maximum absolute atomic E-state index is 13.8. The van der Waals surface area contributed by atoms with E-state index in [1.165, 1.54) is 180 Å². The molecule has 374 valence electrons. The zero-order valence-corrected chi connectivity index (χ0v) is 43.5. The zero-order chi connectivity index (χ0) is 46.4. The van der Waals surface area contributed by atoms with E-state index < -0.39 is 0 Å². The Morgan fingerprint density at radius 3 is 0.968 bits per heavy atom. The molecule has 0 unspecified atom stereocenters. The highest BCUT2D eigenvalue weighted by molar-refractivity contribution is 5.79. The number of hydrogen-bond donors (Lipinski definition) is 0. The van der Waals surface area contributed by atoms with Crippen LogP contribution in [-0.2, 0) is 19.1 Å². The summed E-state index contributed by atoms with van der Waals surface area (Å²) in [5.41, 5.74) is 0. The minimum atomic E-state index is -0.138. The summed E-state index contributed by atoms with van der Waals surface area (Å²) in [5, 5.41) is 0. The molecule has 0 rings (SSSR count). The SMILES string of the molecule is CCCCCCCCCN(CCCCCCCCC)CCN(CCCCCCCCC)CC(=O)N(C)CCN(C)C(=O)CN(CCCCCCCCC)CCCC(=O)OCCCC. The van der Waals surface area contributed by atoms with Crippen molar-refractivity contribution < 1.29 is 19.1 Å². The number of amides is 2. The van der Waals surface area contributed by atoms with Crippen molar-refractivity contribution >= 4 is 17.8 Å². The van der Waals surface area contributed by atoms with Crippen LogP contribution in [0.4, 0.5) is 0 Å². The van der Waals surface area contributed by atoms with Gasteiger partial charge in [0.1, 0.15) is 0 Å². The summed E-state index contributed by atoms with van der Waals surface area (Å²) >= 11 is 0. The van der Waals surface area contributed by atoms with E-state index in [2.05, 4.69) is 49.3 Å². The minimum absolute atomic E-state index is 0.0758. The maximum atomic E-state index is 13.8. The molecular formula is C54H109N5O4. The molecule has 0 atom stereocenters. The number of carbonyl (C=O) groups is 3. The molecular weight excluding hydrogens is 783 g/mol. The number of unbranched alkanes of at least 4 members (excludes halogenated alkanes) is 25. The molecule has 0 radical (unpaired) electrons. The fourth-order valence-electron chi connectivity index (χ4n) is 8.35. The Balaban J connectivity index is 5.37. The first-order chi connectivity index (χ1) is 30.7. The van der Waals surface area contributed by atoms with Crippen LogP contribution in [0.1, 0.15) is 240 Å². The third-order valence-corrected chi connectivity index (χ3v) is 13.0. The molecule has 0 saturated carbocycles. The topological polar surface area (TPSA) is 76.6 Å². The van der Waals surface area contributed by atoms with E-state index in [0.717, 1.165) is 51.9 Å². The molecule has 63 heavy (non-hydrogen) atoms. The zero-order valence-electron chi connectivity index (χ0n) is 43.5. The summed E-state index contributed by atoms with van der Waals surface area (Å²) in [4.78, 5) is 50.6. The van der Waals surface area contributed by atoms with Crippen molar-refractivity contribution in [2.75, 3.05) is 92.7 Å². The van der Waals surface area contributed by atoms with Crippen LogP contribution in [-0.4, -0.2) is 135 Å². The van der Waals surface area contributed by atoms with E-state index in [1.54, 1.807) is 4.90 Å². The average molecular weight is 892 g/mol. The lowest BCUT2D eigenvalue weighted by molar-refractivity contribution is -0.144. The summed E-state index contributed by atoms with van der Waals surface area (Å²) in [6.07, 6.45) is 39.2. The molecule has 0 aromatic carbocycles. The van der Waals surface area contributed by atoms with Gasteiger partial charge in [-0.3, -0.25) is 24.2 Å². The molecule has 2 amide bonds. The lowest BCUT2D eigenvalue weighted by atomic mass is 10.1. The predicted octanol–water partition coefficient (Wildman–Crippen LogP) is 12.9. The monoisotopic (exact) mass is 892 g/mol. The van der Waals surface area contributed by atoms with E-state index in [1.807, 2.05) is 19.0 Å². The molecule has 0 bridgehead atoms. The van der Waals surface area contributed by atoms with E-state index in [9.17, 15) is 14.4 Å². The van der Waals surface area contributed by atoms with Gasteiger partial charge in [-0.15, -0.1) is 0 Å². The van der Waals surface area contributed by atoms with Crippen molar-refractivity contribution in [3.05, 3.63) is 0 Å². The first-order valence-electron chi connectivity index (χ1n) is 27.5. The van der Waals surface area contributed by atoms with Gasteiger partial charge >= 0.3 is 5.97 Å². The fraction of sp³-hybridized carbons (Fsp3) is 0.944. The summed E-state index contributed by atoms with van der Waals surface area (Å²) in [6.45, 7) is 20.4. The second-order valence-electron chi connectivity index (χ2n) is 19.2. The molecule has 0 fully saturated rings. The fourth-order valence-corrected chi connectivity index (χ4v) is 8.35. The predicted molar refractivity (Wildman–Crippen MR) is 272 cm³/mol. The van der Waals surface area contributed by atoms with Gasteiger partial charge in [0.15, 0.2) is 0 Å². The Kier molecular flexibility index (Phi) is 45.5. The molecule has 0 aromatic rings. The number of ether oxygens (including phenoxy) is 1. The molecule has 0 N–H and O–H groups in total. The van der Waals surface area contributed by atoms with Gasteiger partial charge in [0, 0.05) is 46.7 Å². The van der Waals surface area contributed by atoms with Gasteiger partial charge in [-0.1, -0.05) is 195 Å². The van der Waals surface area contributed by atoms with E-state index in [-0.39, 0.29) is 17.8 Å². The second-order valence-corrected chi connectivity index (χ2v) is 19.2. The van der Waals surface area contributed by atoms with E-state index in [4.69, 9.17) is 4.74 Å². The Bertz CT molecular complexity index is 997. The molecule has 9 nitrogen and oxygen atoms in total. The Hall–Kier alpha value is -1.71. The summed E-state index contributed by atoms with van der Waals surface area (Å²) in [7, 11) is 3.78. The molecule has 0 aliphatic heterocycles. The minimum Gasteiger partial charge on any atom is -0.466 e. The van der Waals surface area contributed by atoms with Gasteiger partial charge < -0.3 is 19.4 Å². The standard InChI is InChI=1S/C54H109N5O4/c1-8-13-18-22-26-30-34-40-57(41-35-31-27-23-19-14-9-2)47-48-59(43-37-33-29-25-21-16-11-4)51-53(61)56(7)46-45-55(6)52(60)50-58(42-36-32-28-24-20-15-10-3)44-38-39-54(62)63-49-17-12-5/h8-51H2,1-7H3. The Labute approximate surface area is 392 Å². The Morgan fingerprint density at radius 1 is 0.317 bits per heavy atom. The third kappa shape index (κ3) is 40.3. The highest BCUT2D eigenvalue weighted by atomic mass is 16.5. The van der Waals surface area contributed by atoms with Crippen LogP contribution in [0.5, 0.6) is 0 Å². The summed E-state index contributed by atoms with van der Waals surface area (Å²) < 4.78 is 5.38. The van der Waals surface area contributed by atoms with Crippen LogP contribution in [0, 0.1) is 0 Å². The smallest absolute Gasteiger partial charge is 0.305 e. The molecule has 0 aliphatic carbocycles. The number of hydrogen-bond acceptors (Lipinski definition) is 7. The van der Waals surface area contributed by atoms with Crippen LogP contribution < -0.4 is 0 Å². The lowest BCUT2D eigenvalue weighted by Gasteiger charge is -2.30. The van der Waals surface area contributed by atoms with Crippen molar-refractivity contribution in [1.82, 2.24) is 24.5 Å². The second kappa shape index (κ2) is 46.8. The number of esters is 1. The molecule has 0 heterocycles. The quantitative estimate of drug-likeness (QED) is 0.0445. The summed E-state index contributed by atoms with van der Waals surface area (Å²) in [6, 6.07) is 0. The molecule has 0 spiro atoms. The average Bonchev–Trinajstić information content (AvgIpc) is 3.27. The molecule has 0 aromatic heterocycles. The van der Waals surface area contributed by atoms with Crippen LogP contribution in [0.15, 0.2) is 0 Å². The number of likely N-dealkylation sites (N-methyl/N-ethyl adjacent to an activating group) is 2. The third-order valence-electron chi connectivity index (χ3n) is 13.0. The van der Waals surface area contributed by atoms with Crippen LogP contribution in [0.3, 0.4) is 0 Å². The summed E-state index contributed by atoms with van der Waals surface area (Å²) in [5.74, 6) is 0.0866. The van der Waals surface area contributed by atoms with Gasteiger partial charge in [-0.05, 0) is 71.2 Å². The first kappa shape index (κ1) is 61.3. The van der Waals surface area contributed by atoms with Gasteiger partial charge in [-0.2, -0.15) is 0 Å². The van der Waals surface area contributed by atoms with Crippen molar-refractivity contribution in [2.45, 2.75) is 240 Å². The molecule has 9 heteroatoms. The largest absolute Gasteiger partial charge is 0.466 e. The number of carbonyl (C=O) groups excluding carboxylic acids is 3. The van der Waals surface area contributed by atoms with E-state index in [0.29, 0.717) is 52.2 Å². The van der Waals surface area contributed by atoms with Gasteiger partial charge in [0.25, 0.3) is 0 Å². The van der Waals surface area contributed by atoms with Crippen molar-refractivity contribution in [1.29, 1.82) is 0 Å². The van der Waals surface area contributed by atoms with E-state index >= 15 is 0 Å². The molecule has 0 aliphatic rings. The highest BCUT2D eigenvalue weighted by Crippen LogP contribution is 2.13. The first-order valence-corrected chi connectivity index (χ1v) is 27.5. The van der Waals surface area contributed by atoms with Gasteiger partial charge in [-0.25, -0.2) is 0 Å². The van der Waals surface area contributed by atoms with Crippen molar-refractivity contribution in [3.63, 3.8) is 0 Å². The number of nitrogens with zero attached hydrogens (tertiary/aromatic N) is 5. The normalized spacial score (nSPS) is 11.7. The van der Waals surface area contributed by atoms with Gasteiger partial charge in [0.2, 0.25) is 11.8 Å². The van der Waals surface area contributed by atoms with Crippen molar-refractivity contribution in [3.8, 4) is 0 Å². The lowest BCUT2D eigenvalue weighted by Crippen LogP contribution is -2.45. The van der Waals surface area contributed by atoms with Crippen LogP contribution >= 0.6 is 0 Å². The molecule has 0 saturated heterocycles. The van der Waals surface area contributed by atoms with Crippen molar-refractivity contribution in [2.24, 2.45) is 0 Å². The van der Waals surface area contributed by atoms with Gasteiger partial charge in [0.05, 0.1) is 19.7 Å². The van der Waals surface area contributed by atoms with Crippen LogP contribution in [0.25, 0.3) is 0 Å². The highest BCUT2D eigenvalue weighted by Gasteiger charge is 2.19. The maximum Gasteiger partial charge on any atom is 0.305 e. The Morgan fingerprint density at radius 2 is 0.603 bits per heavy atom. The van der Waals surface area contributed by atoms with Crippen LogP contribution in [0.2, 0.25) is 0 Å². The number of rotatable bonds is 49.